The van der Waals surface area contributed by atoms with E-state index in [1.807, 2.05) is 37.3 Å². The van der Waals surface area contributed by atoms with Crippen LogP contribution < -0.4 is 10.2 Å². The first-order valence-corrected chi connectivity index (χ1v) is 10.7. The third kappa shape index (κ3) is 4.38. The normalized spacial score (nSPS) is 18.6. The summed E-state index contributed by atoms with van der Waals surface area (Å²) in [4.78, 5) is 24.7. The van der Waals surface area contributed by atoms with Crippen molar-refractivity contribution in [1.29, 1.82) is 0 Å². The Morgan fingerprint density at radius 1 is 1.17 bits per heavy atom. The zero-order chi connectivity index (χ0) is 20.3. The molecule has 0 spiro atoms. The van der Waals surface area contributed by atoms with Crippen molar-refractivity contribution >= 4 is 23.3 Å². The van der Waals surface area contributed by atoms with E-state index in [-0.39, 0.29) is 5.91 Å². The summed E-state index contributed by atoms with van der Waals surface area (Å²) in [6.45, 7) is 5.34. The molecule has 1 saturated carbocycles. The molecular weight excluding hydrogens is 388 g/mol. The van der Waals surface area contributed by atoms with Crippen molar-refractivity contribution in [2.75, 3.05) is 31.2 Å². The van der Waals surface area contributed by atoms with E-state index in [4.69, 9.17) is 16.3 Å². The van der Waals surface area contributed by atoms with Crippen LogP contribution in [-0.4, -0.2) is 42.2 Å². The number of amides is 1. The number of hydrogen-bond donors (Lipinski definition) is 1. The monoisotopic (exact) mass is 414 g/mol. The predicted octanol–water partition coefficient (Wildman–Crippen LogP) is 3.40. The largest absolute Gasteiger partial charge is 0.378 e. The lowest BCUT2D eigenvalue weighted by Crippen LogP contribution is -2.42. The fraction of sp³-hybridized carbons (Fsp3) is 0.500. The number of hydrogen-bond acceptors (Lipinski definition) is 5. The molecule has 29 heavy (non-hydrogen) atoms. The zero-order valence-electron chi connectivity index (χ0n) is 16.8. The average molecular weight is 415 g/mol. The van der Waals surface area contributed by atoms with Crippen LogP contribution in [0.2, 0.25) is 5.02 Å². The number of ether oxygens (including phenoxy) is 1. The van der Waals surface area contributed by atoms with Gasteiger partial charge in [0, 0.05) is 29.9 Å². The first-order chi connectivity index (χ1) is 14.1. The molecule has 1 saturated heterocycles. The second-order valence-electron chi connectivity index (χ2n) is 7.86. The van der Waals surface area contributed by atoms with E-state index < -0.39 is 5.41 Å². The van der Waals surface area contributed by atoms with Crippen LogP contribution in [0.15, 0.2) is 30.3 Å². The van der Waals surface area contributed by atoms with E-state index in [1.165, 1.54) is 0 Å². The van der Waals surface area contributed by atoms with Crippen LogP contribution >= 0.6 is 11.6 Å². The summed E-state index contributed by atoms with van der Waals surface area (Å²) in [5, 5.41) is 3.80. The Hall–Kier alpha value is -2.18. The van der Waals surface area contributed by atoms with Crippen molar-refractivity contribution in [3.8, 4) is 0 Å². The van der Waals surface area contributed by atoms with Gasteiger partial charge in [0.15, 0.2) is 0 Å². The number of nitrogens with one attached hydrogen (secondary N) is 1. The molecule has 0 radical (unpaired) electrons. The van der Waals surface area contributed by atoms with Crippen LogP contribution in [0.1, 0.15) is 42.8 Å². The summed E-state index contributed by atoms with van der Waals surface area (Å²) >= 11 is 6.05. The third-order valence-corrected chi connectivity index (χ3v) is 6.17. The van der Waals surface area contributed by atoms with Gasteiger partial charge in [-0.3, -0.25) is 4.79 Å². The summed E-state index contributed by atoms with van der Waals surface area (Å²) in [5.74, 6) is 1.60. The molecule has 2 aromatic rings. The molecule has 1 N–H and O–H groups in total. The number of rotatable bonds is 5. The van der Waals surface area contributed by atoms with Gasteiger partial charge in [-0.1, -0.05) is 36.6 Å². The first-order valence-electron chi connectivity index (χ1n) is 10.3. The first kappa shape index (κ1) is 20.1. The number of aromatic nitrogens is 2. The minimum atomic E-state index is -0.485. The molecule has 1 aliphatic heterocycles. The highest BCUT2D eigenvalue weighted by Crippen LogP contribution is 2.41. The Kier molecular flexibility index (Phi) is 6.01. The SMILES string of the molecule is Cc1cc(N2CCOCC2)nc(CNC(=O)C2(c3ccc(Cl)cc3)CCCC2)n1. The molecule has 1 aromatic heterocycles. The number of nitrogens with zero attached hydrogens (tertiary/aromatic N) is 3. The lowest BCUT2D eigenvalue weighted by Gasteiger charge is -2.29. The highest BCUT2D eigenvalue weighted by molar-refractivity contribution is 6.30. The fourth-order valence-electron chi connectivity index (χ4n) is 4.37. The number of carbonyl (C=O) groups excluding carboxylic acids is 1. The fourth-order valence-corrected chi connectivity index (χ4v) is 4.49. The minimum Gasteiger partial charge on any atom is -0.378 e. The smallest absolute Gasteiger partial charge is 0.231 e. The Morgan fingerprint density at radius 2 is 1.86 bits per heavy atom. The Morgan fingerprint density at radius 3 is 2.55 bits per heavy atom. The molecule has 2 aliphatic rings. The molecule has 2 fully saturated rings. The standard InChI is InChI=1S/C22H27ClN4O2/c1-16-14-20(27-10-12-29-13-11-27)26-19(25-16)15-24-21(28)22(8-2-3-9-22)17-4-6-18(23)7-5-17/h4-7,14H,2-3,8-13,15H2,1H3,(H,24,28). The highest BCUT2D eigenvalue weighted by Gasteiger charge is 2.42. The maximum Gasteiger partial charge on any atom is 0.231 e. The number of morpholine rings is 1. The minimum absolute atomic E-state index is 0.0513. The summed E-state index contributed by atoms with van der Waals surface area (Å²) in [6, 6.07) is 9.67. The van der Waals surface area contributed by atoms with E-state index in [0.717, 1.165) is 55.8 Å². The van der Waals surface area contributed by atoms with Gasteiger partial charge in [-0.25, -0.2) is 9.97 Å². The van der Waals surface area contributed by atoms with Crippen molar-refractivity contribution in [3.05, 3.63) is 52.4 Å². The van der Waals surface area contributed by atoms with Gasteiger partial charge in [0.2, 0.25) is 5.91 Å². The van der Waals surface area contributed by atoms with Gasteiger partial charge in [0.05, 0.1) is 25.2 Å². The second kappa shape index (κ2) is 8.67. The van der Waals surface area contributed by atoms with Crippen LogP contribution in [0.5, 0.6) is 0 Å². The molecule has 154 valence electrons. The van der Waals surface area contributed by atoms with Crippen molar-refractivity contribution in [3.63, 3.8) is 0 Å². The number of halogens is 1. The van der Waals surface area contributed by atoms with Crippen LogP contribution in [0, 0.1) is 6.92 Å². The molecule has 1 amide bonds. The van der Waals surface area contributed by atoms with Crippen molar-refractivity contribution in [2.45, 2.75) is 44.6 Å². The predicted molar refractivity (Wildman–Crippen MR) is 113 cm³/mol. The van der Waals surface area contributed by atoms with Gasteiger partial charge >= 0.3 is 0 Å². The summed E-state index contributed by atoms with van der Waals surface area (Å²) < 4.78 is 5.43. The Labute approximate surface area is 176 Å². The van der Waals surface area contributed by atoms with Crippen molar-refractivity contribution in [1.82, 2.24) is 15.3 Å². The molecular formula is C22H27ClN4O2. The Bertz CT molecular complexity index is 860. The van der Waals surface area contributed by atoms with Crippen LogP contribution in [-0.2, 0) is 21.5 Å². The van der Waals surface area contributed by atoms with E-state index in [1.54, 1.807) is 0 Å². The number of benzene rings is 1. The molecule has 0 bridgehead atoms. The van der Waals surface area contributed by atoms with Gasteiger partial charge in [-0.15, -0.1) is 0 Å². The lowest BCUT2D eigenvalue weighted by molar-refractivity contribution is -0.126. The molecule has 0 unspecified atom stereocenters. The van der Waals surface area contributed by atoms with E-state index in [2.05, 4.69) is 20.2 Å². The summed E-state index contributed by atoms with van der Waals surface area (Å²) in [5.41, 5.74) is 1.46. The number of carbonyl (C=O) groups is 1. The van der Waals surface area contributed by atoms with Crippen molar-refractivity contribution < 1.29 is 9.53 Å². The highest BCUT2D eigenvalue weighted by atomic mass is 35.5. The average Bonchev–Trinajstić information content (AvgIpc) is 3.24. The van der Waals surface area contributed by atoms with Gasteiger partial charge in [0.25, 0.3) is 0 Å². The van der Waals surface area contributed by atoms with Crippen LogP contribution in [0.3, 0.4) is 0 Å². The topological polar surface area (TPSA) is 67.3 Å². The van der Waals surface area contributed by atoms with E-state index in [0.29, 0.717) is 30.6 Å². The van der Waals surface area contributed by atoms with E-state index >= 15 is 0 Å². The molecule has 2 heterocycles. The lowest BCUT2D eigenvalue weighted by atomic mass is 9.78. The summed E-state index contributed by atoms with van der Waals surface area (Å²) in [6.07, 6.45) is 3.82. The maximum atomic E-state index is 13.3. The molecule has 4 rings (SSSR count). The molecule has 0 atom stereocenters. The van der Waals surface area contributed by atoms with Gasteiger partial charge in [-0.2, -0.15) is 0 Å². The molecule has 1 aliphatic carbocycles. The van der Waals surface area contributed by atoms with Crippen LogP contribution in [0.4, 0.5) is 5.82 Å². The molecule has 1 aromatic carbocycles. The summed E-state index contributed by atoms with van der Waals surface area (Å²) in [7, 11) is 0. The maximum absolute atomic E-state index is 13.3. The van der Waals surface area contributed by atoms with Gasteiger partial charge in [0.1, 0.15) is 11.6 Å². The van der Waals surface area contributed by atoms with Crippen LogP contribution in [0.25, 0.3) is 0 Å². The van der Waals surface area contributed by atoms with Crippen molar-refractivity contribution in [2.24, 2.45) is 0 Å². The quantitative estimate of drug-likeness (QED) is 0.812. The molecule has 7 heteroatoms. The zero-order valence-corrected chi connectivity index (χ0v) is 17.5. The molecule has 6 nitrogen and oxygen atoms in total. The van der Waals surface area contributed by atoms with Gasteiger partial charge in [-0.05, 0) is 37.5 Å². The van der Waals surface area contributed by atoms with Gasteiger partial charge < -0.3 is 15.0 Å². The van der Waals surface area contributed by atoms with E-state index in [9.17, 15) is 4.79 Å². The number of aryl methyl sites for hydroxylation is 1. The second-order valence-corrected chi connectivity index (χ2v) is 8.30. The third-order valence-electron chi connectivity index (χ3n) is 5.92. The number of anilines is 1. The Balaban J connectivity index is 1.49.